The van der Waals surface area contributed by atoms with Crippen LogP contribution in [-0.4, -0.2) is 16.1 Å². The Bertz CT molecular complexity index is 779. The third kappa shape index (κ3) is 4.48. The van der Waals surface area contributed by atoms with Crippen molar-refractivity contribution in [2.45, 2.75) is 6.61 Å². The second-order valence-corrected chi connectivity index (χ2v) is 4.81. The van der Waals surface area contributed by atoms with E-state index < -0.39 is 9.85 Å². The van der Waals surface area contributed by atoms with Gasteiger partial charge in [0.15, 0.2) is 0 Å². The molecule has 118 valence electrons. The number of nitrogens with zero attached hydrogens (tertiary/aromatic N) is 3. The van der Waals surface area contributed by atoms with Gasteiger partial charge in [-0.1, -0.05) is 28.9 Å². The van der Waals surface area contributed by atoms with Crippen LogP contribution in [0.15, 0.2) is 47.6 Å². The zero-order chi connectivity index (χ0) is 16.8. The van der Waals surface area contributed by atoms with E-state index in [1.165, 1.54) is 42.6 Å². The topological polar surface area (TPSA) is 108 Å². The highest BCUT2D eigenvalue weighted by atomic mass is 35.5. The number of nitro benzene ring substituents is 2. The van der Waals surface area contributed by atoms with Gasteiger partial charge in [0, 0.05) is 34.9 Å². The lowest BCUT2D eigenvalue weighted by molar-refractivity contribution is -0.385. The Hall–Kier alpha value is -3.00. The Morgan fingerprint density at radius 3 is 2.48 bits per heavy atom. The summed E-state index contributed by atoms with van der Waals surface area (Å²) < 4.78 is 0. The maximum Gasteiger partial charge on any atom is 0.270 e. The number of rotatable bonds is 6. The quantitative estimate of drug-likeness (QED) is 0.454. The summed E-state index contributed by atoms with van der Waals surface area (Å²) in [5.41, 5.74) is 0.743. The average molecular weight is 336 g/mol. The summed E-state index contributed by atoms with van der Waals surface area (Å²) in [6.45, 7) is 0.0186. The molecule has 2 aromatic carbocycles. The standard InChI is InChI=1S/C14H10ClN3O5/c15-14-5-4-13(18(21)22)7-11(14)8-16-23-9-10-2-1-3-12(6-10)17(19)20/h1-8H,9H2/b16-8-. The molecule has 0 heterocycles. The molecule has 0 radical (unpaired) electrons. The predicted molar refractivity (Wildman–Crippen MR) is 83.6 cm³/mol. The molecule has 9 heteroatoms. The first kappa shape index (κ1) is 16.4. The van der Waals surface area contributed by atoms with Crippen LogP contribution in [-0.2, 0) is 11.4 Å². The maximum absolute atomic E-state index is 10.7. The summed E-state index contributed by atoms with van der Waals surface area (Å²) >= 11 is 5.91. The van der Waals surface area contributed by atoms with Crippen molar-refractivity contribution in [1.29, 1.82) is 0 Å². The fourth-order valence-corrected chi connectivity index (χ4v) is 1.88. The Morgan fingerprint density at radius 1 is 1.09 bits per heavy atom. The molecule has 0 atom stereocenters. The molecule has 0 amide bonds. The third-order valence-electron chi connectivity index (χ3n) is 2.81. The van der Waals surface area contributed by atoms with Gasteiger partial charge in [0.25, 0.3) is 11.4 Å². The fraction of sp³-hybridized carbons (Fsp3) is 0.0714. The van der Waals surface area contributed by atoms with Crippen molar-refractivity contribution >= 4 is 29.2 Å². The largest absolute Gasteiger partial charge is 0.391 e. The van der Waals surface area contributed by atoms with Crippen LogP contribution in [0.2, 0.25) is 5.02 Å². The molecule has 2 aromatic rings. The molecule has 8 nitrogen and oxygen atoms in total. The molecule has 0 aliphatic rings. The number of nitro groups is 2. The highest BCUT2D eigenvalue weighted by molar-refractivity contribution is 6.33. The van der Waals surface area contributed by atoms with Crippen LogP contribution >= 0.6 is 11.6 Å². The minimum absolute atomic E-state index is 0.0186. The van der Waals surface area contributed by atoms with Gasteiger partial charge in [0.2, 0.25) is 0 Å². The predicted octanol–water partition coefficient (Wildman–Crippen LogP) is 3.71. The van der Waals surface area contributed by atoms with Gasteiger partial charge < -0.3 is 4.84 Å². The Morgan fingerprint density at radius 2 is 1.78 bits per heavy atom. The maximum atomic E-state index is 10.7. The van der Waals surface area contributed by atoms with Gasteiger partial charge in [-0.25, -0.2) is 0 Å². The van der Waals surface area contributed by atoms with E-state index in [1.807, 2.05) is 0 Å². The Balaban J connectivity index is 2.02. The van der Waals surface area contributed by atoms with E-state index >= 15 is 0 Å². The molecular weight excluding hydrogens is 326 g/mol. The lowest BCUT2D eigenvalue weighted by atomic mass is 10.2. The van der Waals surface area contributed by atoms with Gasteiger partial charge in [-0.15, -0.1) is 0 Å². The molecule has 0 spiro atoms. The molecule has 0 aromatic heterocycles. The summed E-state index contributed by atoms with van der Waals surface area (Å²) in [6, 6.07) is 9.88. The van der Waals surface area contributed by atoms with Crippen molar-refractivity contribution in [3.05, 3.63) is 78.8 Å². The number of benzene rings is 2. The zero-order valence-electron chi connectivity index (χ0n) is 11.6. The van der Waals surface area contributed by atoms with Crippen LogP contribution in [0.4, 0.5) is 11.4 Å². The number of hydrogen-bond acceptors (Lipinski definition) is 6. The first-order valence-electron chi connectivity index (χ1n) is 6.30. The Kier molecular flexibility index (Phi) is 5.21. The van der Waals surface area contributed by atoms with Crippen LogP contribution < -0.4 is 0 Å². The molecule has 0 bridgehead atoms. The monoisotopic (exact) mass is 335 g/mol. The molecule has 0 N–H and O–H groups in total. The van der Waals surface area contributed by atoms with E-state index in [9.17, 15) is 20.2 Å². The van der Waals surface area contributed by atoms with Crippen molar-refractivity contribution in [3.8, 4) is 0 Å². The highest BCUT2D eigenvalue weighted by Crippen LogP contribution is 2.20. The molecule has 0 saturated carbocycles. The summed E-state index contributed by atoms with van der Waals surface area (Å²) in [6.07, 6.45) is 1.24. The molecule has 2 rings (SSSR count). The minimum Gasteiger partial charge on any atom is -0.391 e. The lowest BCUT2D eigenvalue weighted by Crippen LogP contribution is -1.93. The van der Waals surface area contributed by atoms with E-state index in [0.717, 1.165) is 0 Å². The highest BCUT2D eigenvalue weighted by Gasteiger charge is 2.08. The number of non-ortho nitro benzene ring substituents is 2. The van der Waals surface area contributed by atoms with Gasteiger partial charge in [-0.3, -0.25) is 20.2 Å². The van der Waals surface area contributed by atoms with E-state index in [1.54, 1.807) is 6.07 Å². The normalized spacial score (nSPS) is 10.7. The summed E-state index contributed by atoms with van der Waals surface area (Å²) in [5.74, 6) is 0. The molecular formula is C14H10ClN3O5. The van der Waals surface area contributed by atoms with Crippen molar-refractivity contribution in [1.82, 2.24) is 0 Å². The number of halogens is 1. The third-order valence-corrected chi connectivity index (χ3v) is 3.15. The van der Waals surface area contributed by atoms with Crippen molar-refractivity contribution < 1.29 is 14.7 Å². The summed E-state index contributed by atoms with van der Waals surface area (Å²) in [5, 5.41) is 25.3. The molecule has 0 aliphatic carbocycles. The van der Waals surface area contributed by atoms with E-state index in [0.29, 0.717) is 16.1 Å². The van der Waals surface area contributed by atoms with E-state index in [4.69, 9.17) is 16.4 Å². The van der Waals surface area contributed by atoms with Crippen molar-refractivity contribution in [2.75, 3.05) is 0 Å². The molecule has 0 fully saturated rings. The Labute approximate surface area is 135 Å². The fourth-order valence-electron chi connectivity index (χ4n) is 1.71. The van der Waals surface area contributed by atoms with Crippen molar-refractivity contribution in [2.24, 2.45) is 5.16 Å². The first-order valence-corrected chi connectivity index (χ1v) is 6.68. The van der Waals surface area contributed by atoms with Crippen LogP contribution in [0, 0.1) is 20.2 Å². The summed E-state index contributed by atoms with van der Waals surface area (Å²) in [4.78, 5) is 25.3. The van der Waals surface area contributed by atoms with Crippen molar-refractivity contribution in [3.63, 3.8) is 0 Å². The first-order chi connectivity index (χ1) is 11.0. The average Bonchev–Trinajstić information content (AvgIpc) is 2.53. The SMILES string of the molecule is O=[N+]([O-])c1cccc(CO/N=C\c2cc([N+](=O)[O-])ccc2Cl)c1. The van der Waals surface area contributed by atoms with Gasteiger partial charge in [0.1, 0.15) is 6.61 Å². The minimum atomic E-state index is -0.544. The molecule has 0 saturated heterocycles. The van der Waals surface area contributed by atoms with Gasteiger partial charge in [-0.05, 0) is 11.6 Å². The van der Waals surface area contributed by atoms with Crippen LogP contribution in [0.5, 0.6) is 0 Å². The summed E-state index contributed by atoms with van der Waals surface area (Å²) in [7, 11) is 0. The second kappa shape index (κ2) is 7.32. The smallest absolute Gasteiger partial charge is 0.270 e. The van der Waals surface area contributed by atoms with Crippen LogP contribution in [0.3, 0.4) is 0 Å². The second-order valence-electron chi connectivity index (χ2n) is 4.40. The van der Waals surface area contributed by atoms with Crippen LogP contribution in [0.1, 0.15) is 11.1 Å². The number of hydrogen-bond donors (Lipinski definition) is 0. The molecule has 23 heavy (non-hydrogen) atoms. The number of oxime groups is 1. The van der Waals surface area contributed by atoms with Crippen LogP contribution in [0.25, 0.3) is 0 Å². The molecule has 0 unspecified atom stereocenters. The van der Waals surface area contributed by atoms with Gasteiger partial charge in [0.05, 0.1) is 16.1 Å². The van der Waals surface area contributed by atoms with Gasteiger partial charge >= 0.3 is 0 Å². The van der Waals surface area contributed by atoms with Gasteiger partial charge in [-0.2, -0.15) is 0 Å². The van der Waals surface area contributed by atoms with E-state index in [-0.39, 0.29) is 18.0 Å². The lowest BCUT2D eigenvalue weighted by Gasteiger charge is -2.01. The van der Waals surface area contributed by atoms with E-state index in [2.05, 4.69) is 5.16 Å². The molecule has 0 aliphatic heterocycles. The zero-order valence-corrected chi connectivity index (χ0v) is 12.3.